The maximum Gasteiger partial charge on any atom is 0.252 e. The van der Waals surface area contributed by atoms with Crippen molar-refractivity contribution in [3.05, 3.63) is 35.5 Å². The molecule has 2 aliphatic heterocycles. The van der Waals surface area contributed by atoms with E-state index >= 15 is 0 Å². The third-order valence-electron chi connectivity index (χ3n) is 6.00. The monoisotopic (exact) mass is 396 g/mol. The zero-order valence-corrected chi connectivity index (χ0v) is 16.9. The molecule has 0 atom stereocenters. The average Bonchev–Trinajstić information content (AvgIpc) is 3.14. The second-order valence-electron chi connectivity index (χ2n) is 7.53. The van der Waals surface area contributed by atoms with Crippen molar-refractivity contribution in [3.8, 4) is 11.5 Å². The molecule has 0 saturated carbocycles. The fourth-order valence-corrected chi connectivity index (χ4v) is 4.56. The van der Waals surface area contributed by atoms with Crippen molar-refractivity contribution >= 4 is 17.0 Å². The first-order chi connectivity index (χ1) is 14.1. The van der Waals surface area contributed by atoms with Gasteiger partial charge in [-0.05, 0) is 42.5 Å². The topological polar surface area (TPSA) is 82.7 Å². The summed E-state index contributed by atoms with van der Waals surface area (Å²) in [5.41, 5.74) is 3.43. The number of rotatable bonds is 3. The second-order valence-corrected chi connectivity index (χ2v) is 7.53. The van der Waals surface area contributed by atoms with Crippen LogP contribution in [0.25, 0.3) is 11.2 Å². The lowest BCUT2D eigenvalue weighted by molar-refractivity contribution is -0.0768. The van der Waals surface area contributed by atoms with Crippen LogP contribution >= 0.6 is 0 Å². The van der Waals surface area contributed by atoms with E-state index in [9.17, 15) is 0 Å². The molecule has 2 aliphatic rings. The lowest BCUT2D eigenvalue weighted by Gasteiger charge is -2.45. The molecular formula is C21H24N4O4. The van der Waals surface area contributed by atoms with Gasteiger partial charge in [0.2, 0.25) is 0 Å². The van der Waals surface area contributed by atoms with E-state index in [1.54, 1.807) is 14.2 Å². The van der Waals surface area contributed by atoms with Gasteiger partial charge < -0.3 is 23.5 Å². The van der Waals surface area contributed by atoms with Crippen LogP contribution < -0.4 is 14.4 Å². The molecule has 0 amide bonds. The molecule has 0 N–H and O–H groups in total. The Kier molecular flexibility index (Phi) is 4.31. The third kappa shape index (κ3) is 2.90. The number of anilines is 1. The molecule has 3 aromatic rings. The van der Waals surface area contributed by atoms with Crippen LogP contribution in [0.15, 0.2) is 22.9 Å². The summed E-state index contributed by atoms with van der Waals surface area (Å²) in [5.74, 6) is 2.94. The van der Waals surface area contributed by atoms with Crippen LogP contribution in [0, 0.1) is 6.92 Å². The van der Waals surface area contributed by atoms with E-state index in [0.29, 0.717) is 18.2 Å². The number of piperidine rings is 1. The van der Waals surface area contributed by atoms with Gasteiger partial charge >= 0.3 is 0 Å². The molecule has 0 unspecified atom stereocenters. The minimum absolute atomic E-state index is 0.310. The van der Waals surface area contributed by atoms with Crippen LogP contribution in [0.2, 0.25) is 0 Å². The quantitative estimate of drug-likeness (QED) is 0.668. The summed E-state index contributed by atoms with van der Waals surface area (Å²) in [7, 11) is 3.34. The number of methoxy groups -OCH3 is 2. The number of ether oxygens (including phenoxy) is 3. The van der Waals surface area contributed by atoms with Gasteiger partial charge in [-0.1, -0.05) is 0 Å². The van der Waals surface area contributed by atoms with Crippen molar-refractivity contribution < 1.29 is 18.6 Å². The van der Waals surface area contributed by atoms with Crippen LogP contribution in [0.3, 0.4) is 0 Å². The van der Waals surface area contributed by atoms with Gasteiger partial charge in [0.15, 0.2) is 28.7 Å². The van der Waals surface area contributed by atoms with Crippen LogP contribution in [0.1, 0.15) is 29.9 Å². The Morgan fingerprint density at radius 1 is 1.07 bits per heavy atom. The summed E-state index contributed by atoms with van der Waals surface area (Å²) in [5, 5.41) is 0. The molecule has 1 saturated heterocycles. The van der Waals surface area contributed by atoms with Crippen molar-refractivity contribution in [2.45, 2.75) is 31.8 Å². The first-order valence-electron chi connectivity index (χ1n) is 9.86. The van der Waals surface area contributed by atoms with Gasteiger partial charge in [-0.15, -0.1) is 0 Å². The number of aromatic nitrogens is 3. The predicted molar refractivity (Wildman–Crippen MR) is 107 cm³/mol. The maximum atomic E-state index is 6.39. The van der Waals surface area contributed by atoms with Gasteiger partial charge in [0.25, 0.3) is 5.71 Å². The van der Waals surface area contributed by atoms with Crippen LogP contribution in [-0.4, -0.2) is 48.9 Å². The fourth-order valence-electron chi connectivity index (χ4n) is 4.56. The van der Waals surface area contributed by atoms with Crippen molar-refractivity contribution in [1.29, 1.82) is 0 Å². The van der Waals surface area contributed by atoms with E-state index in [1.165, 1.54) is 17.5 Å². The number of aryl methyl sites for hydroxylation is 1. The predicted octanol–water partition coefficient (Wildman–Crippen LogP) is 3.01. The van der Waals surface area contributed by atoms with E-state index in [0.717, 1.165) is 55.2 Å². The van der Waals surface area contributed by atoms with Crippen molar-refractivity contribution in [3.63, 3.8) is 0 Å². The number of fused-ring (bicyclic) bond motifs is 3. The average molecular weight is 396 g/mol. The third-order valence-corrected chi connectivity index (χ3v) is 6.00. The fraction of sp³-hybridized carbons (Fsp3) is 0.476. The van der Waals surface area contributed by atoms with E-state index < -0.39 is 0 Å². The molecule has 1 spiro atoms. The highest BCUT2D eigenvalue weighted by molar-refractivity contribution is 5.81. The largest absolute Gasteiger partial charge is 0.493 e. The Bertz CT molecular complexity index is 1060. The Hall–Kier alpha value is -2.87. The summed E-state index contributed by atoms with van der Waals surface area (Å²) in [6, 6.07) is 4.18. The van der Waals surface area contributed by atoms with Crippen LogP contribution in [0.5, 0.6) is 11.5 Å². The number of oxazole rings is 1. The Balaban J connectivity index is 1.46. The Labute approximate surface area is 168 Å². The molecule has 8 nitrogen and oxygen atoms in total. The standard InChI is InChI=1S/C21H24N4O4/c1-13-24-18-19(22-12-23-20(18)29-13)25-7-5-21(6-8-25)15-11-17(27-3)16(26-2)10-14(15)4-9-28-21/h10-12H,4-9H2,1-3H3. The smallest absolute Gasteiger partial charge is 0.252 e. The Morgan fingerprint density at radius 3 is 2.59 bits per heavy atom. The summed E-state index contributed by atoms with van der Waals surface area (Å²) in [6.07, 6.45) is 4.14. The van der Waals surface area contributed by atoms with Gasteiger partial charge in [-0.3, -0.25) is 0 Å². The van der Waals surface area contributed by atoms with Gasteiger partial charge in [0.1, 0.15) is 6.33 Å². The molecule has 2 aromatic heterocycles. The lowest BCUT2D eigenvalue weighted by Crippen LogP contribution is -2.47. The minimum Gasteiger partial charge on any atom is -0.493 e. The molecule has 5 rings (SSSR count). The van der Waals surface area contributed by atoms with Crippen molar-refractivity contribution in [1.82, 2.24) is 15.0 Å². The first kappa shape index (κ1) is 18.2. The molecule has 0 bridgehead atoms. The SMILES string of the molecule is COc1cc2c(cc1OC)C1(CCN(c3ncnc4oc(C)nc34)CC1)OCC2. The molecule has 1 fully saturated rings. The number of benzene rings is 1. The molecule has 4 heterocycles. The van der Waals surface area contributed by atoms with Gasteiger partial charge in [-0.2, -0.15) is 4.98 Å². The lowest BCUT2D eigenvalue weighted by atomic mass is 9.79. The summed E-state index contributed by atoms with van der Waals surface area (Å²) < 4.78 is 23.0. The zero-order chi connectivity index (χ0) is 20.0. The summed E-state index contributed by atoms with van der Waals surface area (Å²) in [4.78, 5) is 15.4. The number of nitrogens with zero attached hydrogens (tertiary/aromatic N) is 4. The minimum atomic E-state index is -0.310. The normalized spacial score (nSPS) is 18.1. The van der Waals surface area contributed by atoms with Crippen LogP contribution in [0.4, 0.5) is 5.82 Å². The second kappa shape index (κ2) is 6.88. The molecular weight excluding hydrogens is 372 g/mol. The highest BCUT2D eigenvalue weighted by Crippen LogP contribution is 2.45. The number of hydrogen-bond acceptors (Lipinski definition) is 8. The zero-order valence-electron chi connectivity index (χ0n) is 16.9. The van der Waals surface area contributed by atoms with E-state index in [-0.39, 0.29) is 5.60 Å². The van der Waals surface area contributed by atoms with Gasteiger partial charge in [0, 0.05) is 20.0 Å². The van der Waals surface area contributed by atoms with E-state index in [2.05, 4.69) is 32.0 Å². The van der Waals surface area contributed by atoms with Crippen molar-refractivity contribution in [2.24, 2.45) is 0 Å². The van der Waals surface area contributed by atoms with Gasteiger partial charge in [-0.25, -0.2) is 9.97 Å². The first-order valence-corrected chi connectivity index (χ1v) is 9.86. The number of hydrogen-bond donors (Lipinski definition) is 0. The van der Waals surface area contributed by atoms with Gasteiger partial charge in [0.05, 0.1) is 26.4 Å². The summed E-state index contributed by atoms with van der Waals surface area (Å²) in [6.45, 7) is 4.16. The molecule has 1 aromatic carbocycles. The molecule has 152 valence electrons. The summed E-state index contributed by atoms with van der Waals surface area (Å²) >= 11 is 0. The van der Waals surface area contributed by atoms with E-state index in [4.69, 9.17) is 18.6 Å². The van der Waals surface area contributed by atoms with E-state index in [1.807, 2.05) is 6.92 Å². The van der Waals surface area contributed by atoms with Crippen LogP contribution in [-0.2, 0) is 16.8 Å². The highest BCUT2D eigenvalue weighted by Gasteiger charge is 2.42. The molecule has 29 heavy (non-hydrogen) atoms. The van der Waals surface area contributed by atoms with Crippen molar-refractivity contribution in [2.75, 3.05) is 38.8 Å². The maximum absolute atomic E-state index is 6.39. The molecule has 0 aliphatic carbocycles. The Morgan fingerprint density at radius 2 is 1.83 bits per heavy atom. The highest BCUT2D eigenvalue weighted by atomic mass is 16.5. The molecule has 8 heteroatoms. The molecule has 0 radical (unpaired) electrons.